The minimum Gasteiger partial charge on any atom is -0.493 e. The number of fused-ring (bicyclic) bond motifs is 3. The summed E-state index contributed by atoms with van der Waals surface area (Å²) in [7, 11) is 1.67. The maximum absolute atomic E-state index is 13.2. The van der Waals surface area contributed by atoms with Crippen molar-refractivity contribution in [2.45, 2.75) is 51.5 Å². The van der Waals surface area contributed by atoms with Gasteiger partial charge in [-0.3, -0.25) is 9.79 Å². The highest BCUT2D eigenvalue weighted by atomic mass is 16.5. The summed E-state index contributed by atoms with van der Waals surface area (Å²) in [5.41, 5.74) is 1.42. The van der Waals surface area contributed by atoms with Gasteiger partial charge in [0.1, 0.15) is 0 Å². The van der Waals surface area contributed by atoms with E-state index < -0.39 is 0 Å². The molecule has 7 heteroatoms. The summed E-state index contributed by atoms with van der Waals surface area (Å²) in [6, 6.07) is 8.09. The Bertz CT molecular complexity index is 1090. The number of carbonyl (C=O) groups is 1. The first-order valence-electron chi connectivity index (χ1n) is 13.7. The molecule has 3 aliphatic rings. The molecule has 2 saturated heterocycles. The van der Waals surface area contributed by atoms with Gasteiger partial charge in [0.05, 0.1) is 31.0 Å². The van der Waals surface area contributed by atoms with Crippen LogP contribution in [-0.2, 0) is 0 Å². The van der Waals surface area contributed by atoms with Crippen molar-refractivity contribution < 1.29 is 14.3 Å². The lowest BCUT2D eigenvalue weighted by Gasteiger charge is -2.33. The van der Waals surface area contributed by atoms with Crippen molar-refractivity contribution >= 4 is 28.6 Å². The van der Waals surface area contributed by atoms with Gasteiger partial charge in [-0.2, -0.15) is 0 Å². The molecule has 5 rings (SSSR count). The van der Waals surface area contributed by atoms with Crippen molar-refractivity contribution in [3.8, 4) is 11.5 Å². The van der Waals surface area contributed by atoms with Crippen LogP contribution in [0, 0.1) is 0 Å². The van der Waals surface area contributed by atoms with Gasteiger partial charge in [-0.05, 0) is 73.8 Å². The fraction of sp³-hybridized carbons (Fsp3) is 0.586. The number of benzene rings is 2. The van der Waals surface area contributed by atoms with E-state index in [4.69, 9.17) is 9.47 Å². The van der Waals surface area contributed by atoms with Crippen LogP contribution < -0.4 is 9.47 Å². The summed E-state index contributed by atoms with van der Waals surface area (Å²) in [6.07, 6.45) is 8.65. The minimum absolute atomic E-state index is 0.0810. The van der Waals surface area contributed by atoms with Gasteiger partial charge in [-0.1, -0.05) is 19.8 Å². The first-order chi connectivity index (χ1) is 17.7. The number of methoxy groups -OCH3 is 1. The third-order valence-corrected chi connectivity index (χ3v) is 7.95. The van der Waals surface area contributed by atoms with Crippen LogP contribution in [0.15, 0.2) is 29.3 Å². The maximum Gasteiger partial charge on any atom is 0.256 e. The SMILES string of the molecule is CCN1CCN(CCCCCCOc2cc3cc4c(cc3cc2OC)N=C[C@@H]2CCCN2C4=O)CC1. The molecule has 0 aliphatic carbocycles. The Kier molecular flexibility index (Phi) is 8.07. The van der Waals surface area contributed by atoms with Crippen LogP contribution in [0.5, 0.6) is 11.5 Å². The van der Waals surface area contributed by atoms with E-state index >= 15 is 0 Å². The molecule has 3 heterocycles. The second-order valence-electron chi connectivity index (χ2n) is 10.2. The molecule has 2 fully saturated rings. The van der Waals surface area contributed by atoms with Gasteiger partial charge >= 0.3 is 0 Å². The number of piperazine rings is 1. The Labute approximate surface area is 215 Å². The minimum atomic E-state index is 0.0810. The lowest BCUT2D eigenvalue weighted by Crippen LogP contribution is -2.46. The molecule has 2 aromatic carbocycles. The number of unbranched alkanes of at least 4 members (excludes halogenated alkanes) is 3. The van der Waals surface area contributed by atoms with E-state index in [0.29, 0.717) is 12.2 Å². The Hall–Kier alpha value is -2.64. The molecule has 7 nitrogen and oxygen atoms in total. The Balaban J connectivity index is 1.15. The van der Waals surface area contributed by atoms with E-state index in [9.17, 15) is 4.79 Å². The van der Waals surface area contributed by atoms with E-state index in [1.165, 1.54) is 58.5 Å². The highest BCUT2D eigenvalue weighted by molar-refractivity contribution is 6.07. The summed E-state index contributed by atoms with van der Waals surface area (Å²) < 4.78 is 11.8. The molecule has 3 aliphatic heterocycles. The predicted octanol–water partition coefficient (Wildman–Crippen LogP) is 4.75. The van der Waals surface area contributed by atoms with E-state index in [0.717, 1.165) is 53.8 Å². The van der Waals surface area contributed by atoms with E-state index in [-0.39, 0.29) is 11.9 Å². The van der Waals surface area contributed by atoms with Crippen LogP contribution in [0.25, 0.3) is 10.8 Å². The topological polar surface area (TPSA) is 57.6 Å². The Morgan fingerprint density at radius 1 is 0.917 bits per heavy atom. The predicted molar refractivity (Wildman–Crippen MR) is 145 cm³/mol. The third kappa shape index (κ3) is 5.52. The second kappa shape index (κ2) is 11.6. The quantitative estimate of drug-likeness (QED) is 0.448. The lowest BCUT2D eigenvalue weighted by atomic mass is 10.0. The molecule has 1 atom stereocenters. The largest absolute Gasteiger partial charge is 0.493 e. The van der Waals surface area contributed by atoms with Crippen LogP contribution in [0.3, 0.4) is 0 Å². The number of hydrogen-bond donors (Lipinski definition) is 0. The van der Waals surface area contributed by atoms with Crippen LogP contribution in [0.2, 0.25) is 0 Å². The first-order valence-corrected chi connectivity index (χ1v) is 13.7. The fourth-order valence-electron chi connectivity index (χ4n) is 5.67. The molecule has 0 saturated carbocycles. The molecular formula is C29H40N4O3. The summed E-state index contributed by atoms with van der Waals surface area (Å²) in [6.45, 7) is 10.9. The van der Waals surface area contributed by atoms with Gasteiger partial charge in [0, 0.05) is 38.9 Å². The zero-order valence-electron chi connectivity index (χ0n) is 21.9. The molecule has 194 valence electrons. The maximum atomic E-state index is 13.2. The zero-order chi connectivity index (χ0) is 24.9. The Morgan fingerprint density at radius 2 is 1.67 bits per heavy atom. The normalized spacial score (nSPS) is 20.4. The molecule has 36 heavy (non-hydrogen) atoms. The van der Waals surface area contributed by atoms with Crippen molar-refractivity contribution in [2.24, 2.45) is 4.99 Å². The summed E-state index contributed by atoms with van der Waals surface area (Å²) in [5, 5.41) is 1.98. The number of hydrogen-bond acceptors (Lipinski definition) is 6. The third-order valence-electron chi connectivity index (χ3n) is 7.95. The number of nitrogens with zero attached hydrogens (tertiary/aromatic N) is 4. The summed E-state index contributed by atoms with van der Waals surface area (Å²) in [5.74, 6) is 1.54. The average Bonchev–Trinajstić information content (AvgIpc) is 3.34. The molecule has 0 bridgehead atoms. The fourth-order valence-corrected chi connectivity index (χ4v) is 5.67. The van der Waals surface area contributed by atoms with E-state index in [1.54, 1.807) is 7.11 Å². The second-order valence-corrected chi connectivity index (χ2v) is 10.2. The number of carbonyl (C=O) groups excluding carboxylic acids is 1. The first kappa shape index (κ1) is 25.0. The van der Waals surface area contributed by atoms with E-state index in [1.807, 2.05) is 35.4 Å². The standard InChI is InChI=1S/C29H40N4O3/c1-3-31-12-14-32(15-13-31)10-6-4-5-7-16-36-28-20-22-17-25-26(18-23(22)19-27(28)35-2)30-21-24-9-8-11-33(24)29(25)34/h17-21,24H,3-16H2,1-2H3/t24-/m0/s1. The van der Waals surface area contributed by atoms with Gasteiger partial charge in [0.25, 0.3) is 5.91 Å². The molecule has 1 amide bonds. The lowest BCUT2D eigenvalue weighted by molar-refractivity contribution is 0.0775. The summed E-state index contributed by atoms with van der Waals surface area (Å²) in [4.78, 5) is 24.9. The number of ether oxygens (including phenoxy) is 2. The van der Waals surface area contributed by atoms with Crippen LogP contribution in [0.1, 0.15) is 55.8 Å². The summed E-state index contributed by atoms with van der Waals surface area (Å²) >= 11 is 0. The molecule has 0 N–H and O–H groups in total. The van der Waals surface area contributed by atoms with Crippen LogP contribution in [0.4, 0.5) is 5.69 Å². The molecule has 0 aromatic heterocycles. The van der Waals surface area contributed by atoms with Crippen LogP contribution >= 0.6 is 0 Å². The van der Waals surface area contributed by atoms with Crippen molar-refractivity contribution in [2.75, 3.05) is 59.5 Å². The van der Waals surface area contributed by atoms with Crippen molar-refractivity contribution in [1.82, 2.24) is 14.7 Å². The molecule has 2 aromatic rings. The van der Waals surface area contributed by atoms with Gasteiger partial charge in [0.2, 0.25) is 0 Å². The van der Waals surface area contributed by atoms with Gasteiger partial charge in [0.15, 0.2) is 11.5 Å². The number of rotatable bonds is 10. The molecule has 0 unspecified atom stereocenters. The van der Waals surface area contributed by atoms with Gasteiger partial charge in [-0.15, -0.1) is 0 Å². The van der Waals surface area contributed by atoms with E-state index in [2.05, 4.69) is 21.7 Å². The zero-order valence-corrected chi connectivity index (χ0v) is 21.9. The molecular weight excluding hydrogens is 452 g/mol. The molecule has 0 spiro atoms. The van der Waals surface area contributed by atoms with Crippen LogP contribution in [-0.4, -0.2) is 92.4 Å². The smallest absolute Gasteiger partial charge is 0.256 e. The van der Waals surface area contributed by atoms with Gasteiger partial charge < -0.3 is 24.2 Å². The van der Waals surface area contributed by atoms with Crippen molar-refractivity contribution in [1.29, 1.82) is 0 Å². The van der Waals surface area contributed by atoms with Crippen molar-refractivity contribution in [3.05, 3.63) is 29.8 Å². The highest BCUT2D eigenvalue weighted by Crippen LogP contribution is 2.37. The monoisotopic (exact) mass is 492 g/mol. The highest BCUT2D eigenvalue weighted by Gasteiger charge is 2.31. The number of aliphatic imine (C=N–C) groups is 1. The average molecular weight is 493 g/mol. The molecule has 0 radical (unpaired) electrons. The Morgan fingerprint density at radius 3 is 2.47 bits per heavy atom. The van der Waals surface area contributed by atoms with Gasteiger partial charge in [-0.25, -0.2) is 0 Å². The van der Waals surface area contributed by atoms with Crippen molar-refractivity contribution in [3.63, 3.8) is 0 Å². The number of likely N-dealkylation sites (N-methyl/N-ethyl adjacent to an activating group) is 1. The number of amides is 1.